The maximum absolute atomic E-state index is 5.82. The summed E-state index contributed by atoms with van der Waals surface area (Å²) in [5.41, 5.74) is 0. The van der Waals surface area contributed by atoms with Gasteiger partial charge in [0.25, 0.3) is 0 Å². The standard InChI is InChI=1S/C10H13ClN2S.ClH/c11-5-7-6-13-9-4-2-1-3-8(9)12-10(13)14-7;/h6,8-9H,1-5H2;1H. The van der Waals surface area contributed by atoms with Gasteiger partial charge >= 0.3 is 0 Å². The summed E-state index contributed by atoms with van der Waals surface area (Å²) < 4.78 is 0. The van der Waals surface area contributed by atoms with Crippen molar-refractivity contribution in [3.8, 4) is 0 Å². The fourth-order valence-electron chi connectivity index (χ4n) is 2.51. The lowest BCUT2D eigenvalue weighted by atomic mass is 9.91. The van der Waals surface area contributed by atoms with Crippen LogP contribution in [0.2, 0.25) is 0 Å². The zero-order chi connectivity index (χ0) is 9.54. The monoisotopic (exact) mass is 264 g/mol. The number of thioether (sulfide) groups is 1. The van der Waals surface area contributed by atoms with Gasteiger partial charge in [0.15, 0.2) is 5.17 Å². The number of aliphatic imine (C=N–C) groups is 1. The van der Waals surface area contributed by atoms with Crippen molar-refractivity contribution in [1.82, 2.24) is 4.90 Å². The molecule has 0 aromatic heterocycles. The summed E-state index contributed by atoms with van der Waals surface area (Å²) in [7, 11) is 0. The first kappa shape index (κ1) is 11.6. The van der Waals surface area contributed by atoms with Crippen LogP contribution in [0, 0.1) is 0 Å². The molecule has 2 aliphatic heterocycles. The van der Waals surface area contributed by atoms with Gasteiger partial charge in [-0.05, 0) is 12.8 Å². The maximum Gasteiger partial charge on any atom is 0.168 e. The molecule has 2 unspecified atom stereocenters. The normalized spacial score (nSPS) is 32.7. The number of hydrogen-bond acceptors (Lipinski definition) is 3. The van der Waals surface area contributed by atoms with Gasteiger partial charge in [0.1, 0.15) is 0 Å². The number of rotatable bonds is 1. The van der Waals surface area contributed by atoms with E-state index in [1.807, 2.05) is 0 Å². The average Bonchev–Trinajstić information content (AvgIpc) is 2.73. The summed E-state index contributed by atoms with van der Waals surface area (Å²) in [6, 6.07) is 1.21. The molecule has 2 heterocycles. The minimum Gasteiger partial charge on any atom is -0.322 e. The highest BCUT2D eigenvalue weighted by Crippen LogP contribution is 2.40. The first-order valence-electron chi connectivity index (χ1n) is 5.19. The second-order valence-electron chi connectivity index (χ2n) is 4.07. The van der Waals surface area contributed by atoms with Crippen molar-refractivity contribution in [2.45, 2.75) is 37.8 Å². The quantitative estimate of drug-likeness (QED) is 0.676. The molecule has 2 atom stereocenters. The molecule has 0 radical (unpaired) electrons. The van der Waals surface area contributed by atoms with E-state index < -0.39 is 0 Å². The van der Waals surface area contributed by atoms with Crippen molar-refractivity contribution in [3.63, 3.8) is 0 Å². The molecule has 3 rings (SSSR count). The summed E-state index contributed by atoms with van der Waals surface area (Å²) in [4.78, 5) is 8.36. The van der Waals surface area contributed by atoms with E-state index in [4.69, 9.17) is 16.6 Å². The Labute approximate surface area is 106 Å². The van der Waals surface area contributed by atoms with E-state index in [9.17, 15) is 0 Å². The van der Waals surface area contributed by atoms with Crippen molar-refractivity contribution in [1.29, 1.82) is 0 Å². The Morgan fingerprint density at radius 2 is 2.27 bits per heavy atom. The summed E-state index contributed by atoms with van der Waals surface area (Å²) >= 11 is 7.58. The number of hydrogen-bond donors (Lipinski definition) is 0. The number of amidine groups is 1. The van der Waals surface area contributed by atoms with Crippen LogP contribution in [0.25, 0.3) is 0 Å². The molecule has 0 amide bonds. The van der Waals surface area contributed by atoms with Gasteiger partial charge in [-0.25, -0.2) is 0 Å². The van der Waals surface area contributed by atoms with Gasteiger partial charge in [0.05, 0.1) is 18.0 Å². The predicted octanol–water partition coefficient (Wildman–Crippen LogP) is 3.22. The van der Waals surface area contributed by atoms with Crippen LogP contribution in [0.1, 0.15) is 25.7 Å². The molecule has 0 aromatic carbocycles. The Morgan fingerprint density at radius 3 is 3.07 bits per heavy atom. The molecular formula is C10H14Cl2N2S. The van der Waals surface area contributed by atoms with Gasteiger partial charge in [-0.15, -0.1) is 24.0 Å². The third-order valence-corrected chi connectivity index (χ3v) is 4.64. The van der Waals surface area contributed by atoms with Crippen molar-refractivity contribution in [2.24, 2.45) is 4.99 Å². The van der Waals surface area contributed by atoms with Gasteiger partial charge in [-0.3, -0.25) is 4.99 Å². The predicted molar refractivity (Wildman–Crippen MR) is 69.0 cm³/mol. The minimum absolute atomic E-state index is 0. The molecule has 0 spiro atoms. The zero-order valence-corrected chi connectivity index (χ0v) is 10.7. The second-order valence-corrected chi connectivity index (χ2v) is 5.43. The highest BCUT2D eigenvalue weighted by atomic mass is 35.5. The number of alkyl halides is 1. The lowest BCUT2D eigenvalue weighted by Gasteiger charge is -2.28. The third-order valence-electron chi connectivity index (χ3n) is 3.19. The molecule has 2 nitrogen and oxygen atoms in total. The Kier molecular flexibility index (Phi) is 3.53. The van der Waals surface area contributed by atoms with Crippen LogP contribution in [-0.2, 0) is 0 Å². The summed E-state index contributed by atoms with van der Waals surface area (Å²) in [5, 5.41) is 1.19. The molecule has 5 heteroatoms. The molecule has 84 valence electrons. The molecule has 1 aliphatic carbocycles. The molecule has 1 saturated carbocycles. The molecular weight excluding hydrogens is 251 g/mol. The van der Waals surface area contributed by atoms with Crippen molar-refractivity contribution in [2.75, 3.05) is 5.88 Å². The fraction of sp³-hybridized carbons (Fsp3) is 0.700. The van der Waals surface area contributed by atoms with E-state index in [2.05, 4.69) is 11.1 Å². The smallest absolute Gasteiger partial charge is 0.168 e. The topological polar surface area (TPSA) is 15.6 Å². The van der Waals surface area contributed by atoms with E-state index >= 15 is 0 Å². The SMILES string of the molecule is Cl.ClCC1=CN2C(=NC3CCCCC32)S1. The van der Waals surface area contributed by atoms with Gasteiger partial charge in [0, 0.05) is 11.1 Å². The number of halogens is 2. The number of nitrogens with zero attached hydrogens (tertiary/aromatic N) is 2. The highest BCUT2D eigenvalue weighted by molar-refractivity contribution is 8.17. The largest absolute Gasteiger partial charge is 0.322 e. The van der Waals surface area contributed by atoms with Crippen LogP contribution in [0.4, 0.5) is 0 Å². The van der Waals surface area contributed by atoms with E-state index in [1.54, 1.807) is 11.8 Å². The Bertz CT molecular complexity index is 317. The number of fused-ring (bicyclic) bond motifs is 3. The molecule has 0 aromatic rings. The lowest BCUT2D eigenvalue weighted by Crippen LogP contribution is -2.35. The van der Waals surface area contributed by atoms with Crippen molar-refractivity contribution in [3.05, 3.63) is 11.1 Å². The Morgan fingerprint density at radius 1 is 1.47 bits per heavy atom. The maximum atomic E-state index is 5.82. The fourth-order valence-corrected chi connectivity index (χ4v) is 3.68. The van der Waals surface area contributed by atoms with Gasteiger partial charge < -0.3 is 4.90 Å². The summed E-state index contributed by atoms with van der Waals surface area (Å²) in [6.45, 7) is 0. The van der Waals surface area contributed by atoms with Gasteiger partial charge in [-0.1, -0.05) is 24.6 Å². The van der Waals surface area contributed by atoms with Crippen LogP contribution >= 0.6 is 35.8 Å². The molecule has 0 N–H and O–H groups in total. The van der Waals surface area contributed by atoms with E-state index in [0.29, 0.717) is 18.0 Å². The second kappa shape index (κ2) is 4.56. The Balaban J connectivity index is 0.000000853. The highest BCUT2D eigenvalue weighted by Gasteiger charge is 2.39. The van der Waals surface area contributed by atoms with Gasteiger partial charge in [-0.2, -0.15) is 0 Å². The molecule has 1 fully saturated rings. The van der Waals surface area contributed by atoms with Crippen LogP contribution in [0.3, 0.4) is 0 Å². The first-order chi connectivity index (χ1) is 6.88. The van der Waals surface area contributed by atoms with Crippen LogP contribution in [0.5, 0.6) is 0 Å². The number of allylic oxidation sites excluding steroid dienone is 1. The first-order valence-corrected chi connectivity index (χ1v) is 6.54. The molecule has 0 bridgehead atoms. The van der Waals surface area contributed by atoms with E-state index in [1.165, 1.54) is 35.8 Å². The van der Waals surface area contributed by atoms with Crippen molar-refractivity contribution >= 4 is 40.9 Å². The average molecular weight is 265 g/mol. The van der Waals surface area contributed by atoms with E-state index in [-0.39, 0.29) is 12.4 Å². The van der Waals surface area contributed by atoms with Crippen LogP contribution < -0.4 is 0 Å². The van der Waals surface area contributed by atoms with Crippen LogP contribution in [0.15, 0.2) is 16.1 Å². The molecule has 0 saturated heterocycles. The minimum atomic E-state index is 0. The summed E-state index contributed by atoms with van der Waals surface area (Å²) in [6.07, 6.45) is 7.48. The summed E-state index contributed by atoms with van der Waals surface area (Å²) in [5.74, 6) is 0.623. The van der Waals surface area contributed by atoms with E-state index in [0.717, 1.165) is 0 Å². The van der Waals surface area contributed by atoms with Crippen molar-refractivity contribution < 1.29 is 0 Å². The lowest BCUT2D eigenvalue weighted by molar-refractivity contribution is 0.296. The molecule has 15 heavy (non-hydrogen) atoms. The van der Waals surface area contributed by atoms with Gasteiger partial charge in [0.2, 0.25) is 0 Å². The van der Waals surface area contributed by atoms with Crippen LogP contribution in [-0.4, -0.2) is 28.0 Å². The third kappa shape index (κ3) is 1.90. The Hall–Kier alpha value is 0.140. The zero-order valence-electron chi connectivity index (χ0n) is 8.36. The molecule has 3 aliphatic rings.